The molecular formula is C10H22N2O. The second-order valence-corrected chi connectivity index (χ2v) is 4.05. The molecule has 78 valence electrons. The Morgan fingerprint density at radius 1 is 1.46 bits per heavy atom. The van der Waals surface area contributed by atoms with Crippen molar-refractivity contribution in [2.75, 3.05) is 32.8 Å². The molecule has 1 atom stereocenters. The summed E-state index contributed by atoms with van der Waals surface area (Å²) in [7, 11) is 0. The van der Waals surface area contributed by atoms with Crippen LogP contribution in [0.3, 0.4) is 0 Å². The molecule has 0 saturated carbocycles. The third-order valence-electron chi connectivity index (χ3n) is 2.67. The Morgan fingerprint density at radius 2 is 2.15 bits per heavy atom. The van der Waals surface area contributed by atoms with Gasteiger partial charge in [-0.1, -0.05) is 6.92 Å². The van der Waals surface area contributed by atoms with Crippen LogP contribution >= 0.6 is 0 Å². The van der Waals surface area contributed by atoms with E-state index in [1.54, 1.807) is 0 Å². The highest BCUT2D eigenvalue weighted by atomic mass is 16.5. The van der Waals surface area contributed by atoms with Gasteiger partial charge in [-0.3, -0.25) is 0 Å². The minimum absolute atomic E-state index is 0.597. The van der Waals surface area contributed by atoms with Gasteiger partial charge in [-0.25, -0.2) is 0 Å². The van der Waals surface area contributed by atoms with Gasteiger partial charge < -0.3 is 15.8 Å². The number of ether oxygens (including phenoxy) is 1. The lowest BCUT2D eigenvalue weighted by Gasteiger charge is -2.22. The number of rotatable bonds is 5. The largest absolute Gasteiger partial charge is 0.381 e. The molecule has 1 unspecified atom stereocenters. The smallest absolute Gasteiger partial charge is 0.0469 e. The van der Waals surface area contributed by atoms with Crippen molar-refractivity contribution in [3.63, 3.8) is 0 Å². The maximum Gasteiger partial charge on any atom is 0.0469 e. The Balaban J connectivity index is 1.98. The Labute approximate surface area is 81.0 Å². The molecular weight excluding hydrogens is 164 g/mol. The highest BCUT2D eigenvalue weighted by Gasteiger charge is 2.12. The lowest BCUT2D eigenvalue weighted by atomic mass is 10.0. The fourth-order valence-electron chi connectivity index (χ4n) is 1.57. The first-order valence-corrected chi connectivity index (χ1v) is 5.31. The lowest BCUT2D eigenvalue weighted by Crippen LogP contribution is -2.32. The van der Waals surface area contributed by atoms with Gasteiger partial charge in [-0.05, 0) is 44.3 Å². The molecule has 1 aliphatic rings. The number of nitrogens with two attached hydrogens (primary N) is 1. The molecule has 3 N–H and O–H groups in total. The van der Waals surface area contributed by atoms with Gasteiger partial charge in [0, 0.05) is 13.2 Å². The van der Waals surface area contributed by atoms with E-state index in [9.17, 15) is 0 Å². The monoisotopic (exact) mass is 186 g/mol. The van der Waals surface area contributed by atoms with Gasteiger partial charge in [0.25, 0.3) is 0 Å². The highest BCUT2D eigenvalue weighted by molar-refractivity contribution is 4.67. The number of hydrogen-bond donors (Lipinski definition) is 2. The molecule has 1 heterocycles. The van der Waals surface area contributed by atoms with Crippen LogP contribution in [0.4, 0.5) is 0 Å². The van der Waals surface area contributed by atoms with Gasteiger partial charge >= 0.3 is 0 Å². The van der Waals surface area contributed by atoms with Crippen LogP contribution in [0.5, 0.6) is 0 Å². The van der Waals surface area contributed by atoms with Crippen LogP contribution in [-0.2, 0) is 4.74 Å². The summed E-state index contributed by atoms with van der Waals surface area (Å²) in [5, 5.41) is 3.47. The Morgan fingerprint density at radius 3 is 2.77 bits per heavy atom. The zero-order valence-corrected chi connectivity index (χ0v) is 8.59. The minimum atomic E-state index is 0.597. The van der Waals surface area contributed by atoms with Crippen LogP contribution in [0.25, 0.3) is 0 Å². The molecule has 3 nitrogen and oxygen atoms in total. The molecule has 3 heteroatoms. The summed E-state index contributed by atoms with van der Waals surface area (Å²) in [6, 6.07) is 0. The number of nitrogens with one attached hydrogen (secondary N) is 1. The zero-order chi connectivity index (χ0) is 9.52. The van der Waals surface area contributed by atoms with Gasteiger partial charge in [0.05, 0.1) is 0 Å². The fraction of sp³-hybridized carbons (Fsp3) is 1.00. The van der Waals surface area contributed by atoms with Crippen LogP contribution in [-0.4, -0.2) is 32.8 Å². The summed E-state index contributed by atoms with van der Waals surface area (Å²) in [5.74, 6) is 1.42. The molecule has 1 rings (SSSR count). The van der Waals surface area contributed by atoms with Crippen molar-refractivity contribution in [3.8, 4) is 0 Å². The van der Waals surface area contributed by atoms with Crippen LogP contribution in [0.2, 0.25) is 0 Å². The zero-order valence-electron chi connectivity index (χ0n) is 8.59. The van der Waals surface area contributed by atoms with Crippen LogP contribution in [0, 0.1) is 11.8 Å². The van der Waals surface area contributed by atoms with Crippen molar-refractivity contribution in [1.82, 2.24) is 5.32 Å². The van der Waals surface area contributed by atoms with Crippen molar-refractivity contribution in [3.05, 3.63) is 0 Å². The van der Waals surface area contributed by atoms with Crippen molar-refractivity contribution in [1.29, 1.82) is 0 Å². The van der Waals surface area contributed by atoms with Crippen LogP contribution in [0.15, 0.2) is 0 Å². The van der Waals surface area contributed by atoms with E-state index in [0.29, 0.717) is 5.92 Å². The SMILES string of the molecule is CC(CN)CNCC1CCOCC1. The first kappa shape index (κ1) is 11.0. The molecule has 1 aliphatic heterocycles. The minimum Gasteiger partial charge on any atom is -0.381 e. The van der Waals surface area contributed by atoms with Crippen molar-refractivity contribution >= 4 is 0 Å². The molecule has 0 aliphatic carbocycles. The topological polar surface area (TPSA) is 47.3 Å². The second-order valence-electron chi connectivity index (χ2n) is 4.05. The molecule has 0 aromatic carbocycles. The Bertz CT molecular complexity index is 124. The summed E-state index contributed by atoms with van der Waals surface area (Å²) < 4.78 is 5.30. The molecule has 1 fully saturated rings. The van der Waals surface area contributed by atoms with E-state index in [2.05, 4.69) is 12.2 Å². The molecule has 0 radical (unpaired) electrons. The lowest BCUT2D eigenvalue weighted by molar-refractivity contribution is 0.0661. The van der Waals surface area contributed by atoms with Gasteiger partial charge in [0.2, 0.25) is 0 Å². The predicted molar refractivity (Wildman–Crippen MR) is 54.6 cm³/mol. The quantitative estimate of drug-likeness (QED) is 0.661. The number of hydrogen-bond acceptors (Lipinski definition) is 3. The molecule has 13 heavy (non-hydrogen) atoms. The summed E-state index contributed by atoms with van der Waals surface area (Å²) in [6.07, 6.45) is 2.42. The molecule has 0 amide bonds. The van der Waals surface area contributed by atoms with Gasteiger partial charge in [-0.2, -0.15) is 0 Å². The van der Waals surface area contributed by atoms with Crippen molar-refractivity contribution < 1.29 is 4.74 Å². The fourth-order valence-corrected chi connectivity index (χ4v) is 1.57. The maximum absolute atomic E-state index is 5.53. The normalized spacial score (nSPS) is 21.7. The van der Waals surface area contributed by atoms with Crippen LogP contribution < -0.4 is 11.1 Å². The van der Waals surface area contributed by atoms with Gasteiger partial charge in [0.15, 0.2) is 0 Å². The van der Waals surface area contributed by atoms with Crippen LogP contribution in [0.1, 0.15) is 19.8 Å². The summed E-state index contributed by atoms with van der Waals surface area (Å²) in [4.78, 5) is 0. The highest BCUT2D eigenvalue weighted by Crippen LogP contribution is 2.13. The van der Waals surface area contributed by atoms with E-state index >= 15 is 0 Å². The van der Waals surface area contributed by atoms with E-state index < -0.39 is 0 Å². The molecule has 0 bridgehead atoms. The van der Waals surface area contributed by atoms with E-state index in [1.165, 1.54) is 12.8 Å². The van der Waals surface area contributed by atoms with Gasteiger partial charge in [-0.15, -0.1) is 0 Å². The second kappa shape index (κ2) is 6.35. The van der Waals surface area contributed by atoms with Crippen molar-refractivity contribution in [2.24, 2.45) is 17.6 Å². The Hall–Kier alpha value is -0.120. The summed E-state index contributed by atoms with van der Waals surface area (Å²) >= 11 is 0. The van der Waals surface area contributed by atoms with E-state index in [-0.39, 0.29) is 0 Å². The van der Waals surface area contributed by atoms with Crippen molar-refractivity contribution in [2.45, 2.75) is 19.8 Å². The van der Waals surface area contributed by atoms with E-state index in [1.807, 2.05) is 0 Å². The standard InChI is InChI=1S/C10H22N2O/c1-9(6-11)7-12-8-10-2-4-13-5-3-10/h9-10,12H,2-8,11H2,1H3. The molecule has 1 saturated heterocycles. The maximum atomic E-state index is 5.53. The molecule has 0 spiro atoms. The van der Waals surface area contributed by atoms with E-state index in [4.69, 9.17) is 10.5 Å². The third kappa shape index (κ3) is 4.60. The molecule has 0 aromatic rings. The third-order valence-corrected chi connectivity index (χ3v) is 2.67. The van der Waals surface area contributed by atoms with Gasteiger partial charge in [0.1, 0.15) is 0 Å². The first-order valence-electron chi connectivity index (χ1n) is 5.31. The Kier molecular flexibility index (Phi) is 5.35. The predicted octanol–water partition coefficient (Wildman–Crippen LogP) is 0.597. The average molecular weight is 186 g/mol. The van der Waals surface area contributed by atoms with E-state index in [0.717, 1.165) is 38.8 Å². The summed E-state index contributed by atoms with van der Waals surface area (Å²) in [5.41, 5.74) is 5.53. The average Bonchev–Trinajstić information content (AvgIpc) is 2.19. The molecule has 0 aromatic heterocycles. The first-order chi connectivity index (χ1) is 6.33. The summed E-state index contributed by atoms with van der Waals surface area (Å²) in [6.45, 7) is 7.02.